The summed E-state index contributed by atoms with van der Waals surface area (Å²) in [6, 6.07) is 11.3. The van der Waals surface area contributed by atoms with Gasteiger partial charge < -0.3 is 0 Å². The standard InChI is InChI=1S/C12H6ClNOS3/c13-10-6-5-9(16-10)11(15)18-12-14-7-3-1-2-4-8(7)17-12/h1-6H. The monoisotopic (exact) mass is 311 g/mol. The third-order valence-corrected chi connectivity index (χ3v) is 5.59. The fourth-order valence-corrected chi connectivity index (χ4v) is 4.41. The number of carbonyl (C=O) groups is 1. The van der Waals surface area contributed by atoms with Gasteiger partial charge in [-0.3, -0.25) is 4.79 Å². The van der Waals surface area contributed by atoms with Crippen molar-refractivity contribution in [2.45, 2.75) is 4.34 Å². The van der Waals surface area contributed by atoms with E-state index >= 15 is 0 Å². The molecule has 90 valence electrons. The van der Waals surface area contributed by atoms with Crippen LogP contribution >= 0.6 is 46.0 Å². The minimum absolute atomic E-state index is 0.00837. The van der Waals surface area contributed by atoms with Crippen LogP contribution in [0, 0.1) is 0 Å². The van der Waals surface area contributed by atoms with Gasteiger partial charge in [0.05, 0.1) is 19.4 Å². The minimum Gasteiger partial charge on any atom is -0.280 e. The SMILES string of the molecule is O=C(Sc1nc2ccccc2s1)c1ccc(Cl)s1. The van der Waals surface area contributed by atoms with Gasteiger partial charge in [-0.1, -0.05) is 23.7 Å². The van der Waals surface area contributed by atoms with Crippen molar-refractivity contribution in [2.24, 2.45) is 0 Å². The highest BCUT2D eigenvalue weighted by molar-refractivity contribution is 8.15. The molecule has 0 aliphatic heterocycles. The molecular weight excluding hydrogens is 306 g/mol. The van der Waals surface area contributed by atoms with E-state index in [4.69, 9.17) is 11.6 Å². The van der Waals surface area contributed by atoms with Gasteiger partial charge in [-0.15, -0.1) is 22.7 Å². The lowest BCUT2D eigenvalue weighted by Gasteiger charge is -1.91. The topological polar surface area (TPSA) is 30.0 Å². The molecule has 2 aromatic heterocycles. The second-order valence-corrected chi connectivity index (χ2v) is 7.41. The Hall–Kier alpha value is -0.880. The van der Waals surface area contributed by atoms with Gasteiger partial charge in [-0.25, -0.2) is 4.98 Å². The number of fused-ring (bicyclic) bond motifs is 1. The molecule has 0 aliphatic carbocycles. The van der Waals surface area contributed by atoms with Gasteiger partial charge in [0.15, 0.2) is 4.34 Å². The first-order chi connectivity index (χ1) is 8.72. The Morgan fingerprint density at radius 2 is 2.00 bits per heavy atom. The summed E-state index contributed by atoms with van der Waals surface area (Å²) in [6.07, 6.45) is 0. The Bertz CT molecular complexity index is 686. The molecule has 0 spiro atoms. The van der Waals surface area contributed by atoms with Gasteiger partial charge in [-0.05, 0) is 36.0 Å². The molecule has 0 fully saturated rings. The van der Waals surface area contributed by atoms with Gasteiger partial charge in [-0.2, -0.15) is 0 Å². The molecule has 6 heteroatoms. The minimum atomic E-state index is -0.00837. The zero-order valence-corrected chi connectivity index (χ0v) is 12.1. The number of thiophene rings is 1. The van der Waals surface area contributed by atoms with E-state index in [2.05, 4.69) is 4.98 Å². The molecule has 0 radical (unpaired) electrons. The van der Waals surface area contributed by atoms with Crippen molar-refractivity contribution in [3.05, 3.63) is 45.6 Å². The summed E-state index contributed by atoms with van der Waals surface area (Å²) in [5, 5.41) is -0.00837. The molecule has 0 atom stereocenters. The van der Waals surface area contributed by atoms with Crippen molar-refractivity contribution < 1.29 is 4.79 Å². The Morgan fingerprint density at radius 3 is 2.72 bits per heavy atom. The molecular formula is C12H6ClNOS3. The van der Waals surface area contributed by atoms with E-state index in [1.165, 1.54) is 22.7 Å². The lowest BCUT2D eigenvalue weighted by atomic mass is 10.3. The average Bonchev–Trinajstić information content (AvgIpc) is 2.94. The highest BCUT2D eigenvalue weighted by Gasteiger charge is 2.13. The van der Waals surface area contributed by atoms with Crippen molar-refractivity contribution >= 4 is 61.4 Å². The van der Waals surface area contributed by atoms with Crippen molar-refractivity contribution in [2.75, 3.05) is 0 Å². The number of aromatic nitrogens is 1. The number of benzene rings is 1. The second-order valence-electron chi connectivity index (χ2n) is 3.44. The predicted molar refractivity (Wildman–Crippen MR) is 79.1 cm³/mol. The highest BCUT2D eigenvalue weighted by atomic mass is 35.5. The van der Waals surface area contributed by atoms with Crippen molar-refractivity contribution in [1.82, 2.24) is 4.98 Å². The van der Waals surface area contributed by atoms with Crippen molar-refractivity contribution in [3.8, 4) is 0 Å². The van der Waals surface area contributed by atoms with E-state index in [-0.39, 0.29) is 5.12 Å². The number of hydrogen-bond donors (Lipinski definition) is 0. The van der Waals surface area contributed by atoms with E-state index in [0.29, 0.717) is 9.21 Å². The number of hydrogen-bond acceptors (Lipinski definition) is 5. The lowest BCUT2D eigenvalue weighted by Crippen LogP contribution is -1.87. The van der Waals surface area contributed by atoms with Crippen molar-refractivity contribution in [3.63, 3.8) is 0 Å². The first kappa shape index (κ1) is 12.2. The van der Waals surface area contributed by atoms with Gasteiger partial charge in [0.2, 0.25) is 5.12 Å². The van der Waals surface area contributed by atoms with E-state index in [1.54, 1.807) is 12.1 Å². The van der Waals surface area contributed by atoms with E-state index in [1.807, 2.05) is 24.3 Å². The summed E-state index contributed by atoms with van der Waals surface area (Å²) in [7, 11) is 0. The Labute approximate surface area is 121 Å². The Balaban J connectivity index is 1.86. The Morgan fingerprint density at radius 1 is 1.17 bits per heavy atom. The zero-order chi connectivity index (χ0) is 12.5. The molecule has 3 aromatic rings. The van der Waals surface area contributed by atoms with E-state index in [0.717, 1.165) is 26.3 Å². The summed E-state index contributed by atoms with van der Waals surface area (Å²) in [5.74, 6) is 0. The first-order valence-electron chi connectivity index (χ1n) is 5.05. The molecule has 1 aromatic carbocycles. The van der Waals surface area contributed by atoms with Crippen LogP contribution in [0.2, 0.25) is 4.34 Å². The van der Waals surface area contributed by atoms with Gasteiger partial charge >= 0.3 is 0 Å². The number of thioether (sulfide) groups is 1. The van der Waals surface area contributed by atoms with Gasteiger partial charge in [0.25, 0.3) is 0 Å². The van der Waals surface area contributed by atoms with Crippen LogP contribution in [0.4, 0.5) is 0 Å². The molecule has 2 nitrogen and oxygen atoms in total. The molecule has 2 heterocycles. The first-order valence-corrected chi connectivity index (χ1v) is 7.88. The van der Waals surface area contributed by atoms with E-state index < -0.39 is 0 Å². The van der Waals surface area contributed by atoms with Crippen LogP contribution in [-0.2, 0) is 0 Å². The second kappa shape index (κ2) is 5.01. The predicted octanol–water partition coefficient (Wildman–Crippen LogP) is 4.94. The summed E-state index contributed by atoms with van der Waals surface area (Å²) in [5.41, 5.74) is 0.932. The third-order valence-electron chi connectivity index (χ3n) is 2.23. The highest BCUT2D eigenvalue weighted by Crippen LogP contribution is 2.33. The Kier molecular flexibility index (Phi) is 3.39. The summed E-state index contributed by atoms with van der Waals surface area (Å²) in [4.78, 5) is 17.1. The number of carbonyl (C=O) groups excluding carboxylic acids is 1. The average molecular weight is 312 g/mol. The summed E-state index contributed by atoms with van der Waals surface area (Å²) >= 11 is 9.80. The maximum absolute atomic E-state index is 12.0. The lowest BCUT2D eigenvalue weighted by molar-refractivity contribution is 0.109. The third kappa shape index (κ3) is 2.44. The number of halogens is 1. The zero-order valence-electron chi connectivity index (χ0n) is 8.92. The van der Waals surface area contributed by atoms with Crippen LogP contribution in [0.3, 0.4) is 0 Å². The fourth-order valence-electron chi connectivity index (χ4n) is 1.45. The maximum atomic E-state index is 12.0. The van der Waals surface area contributed by atoms with Crippen LogP contribution < -0.4 is 0 Å². The molecule has 0 N–H and O–H groups in total. The van der Waals surface area contributed by atoms with Crippen LogP contribution in [0.5, 0.6) is 0 Å². The van der Waals surface area contributed by atoms with Crippen LogP contribution in [0.25, 0.3) is 10.2 Å². The number of rotatable bonds is 2. The van der Waals surface area contributed by atoms with Gasteiger partial charge in [0.1, 0.15) is 0 Å². The van der Waals surface area contributed by atoms with Crippen LogP contribution in [0.15, 0.2) is 40.7 Å². The molecule has 0 aliphatic rings. The largest absolute Gasteiger partial charge is 0.280 e. The summed E-state index contributed by atoms with van der Waals surface area (Å²) in [6.45, 7) is 0. The molecule has 0 saturated carbocycles. The molecule has 0 bridgehead atoms. The number of nitrogens with zero attached hydrogens (tertiary/aromatic N) is 1. The van der Waals surface area contributed by atoms with Crippen molar-refractivity contribution in [1.29, 1.82) is 0 Å². The quantitative estimate of drug-likeness (QED) is 0.628. The molecule has 0 saturated heterocycles. The maximum Gasteiger partial charge on any atom is 0.236 e. The normalized spacial score (nSPS) is 10.9. The number of thiazole rings is 1. The molecule has 18 heavy (non-hydrogen) atoms. The summed E-state index contributed by atoms with van der Waals surface area (Å²) < 4.78 is 2.49. The number of para-hydroxylation sites is 1. The fraction of sp³-hybridized carbons (Fsp3) is 0. The van der Waals surface area contributed by atoms with E-state index in [9.17, 15) is 4.79 Å². The smallest absolute Gasteiger partial charge is 0.236 e. The molecule has 0 amide bonds. The van der Waals surface area contributed by atoms with Crippen LogP contribution in [-0.4, -0.2) is 10.1 Å². The molecule has 3 rings (SSSR count). The van der Waals surface area contributed by atoms with Crippen LogP contribution in [0.1, 0.15) is 9.67 Å². The molecule has 0 unspecified atom stereocenters. The van der Waals surface area contributed by atoms with Gasteiger partial charge in [0, 0.05) is 0 Å².